The average Bonchev–Trinajstić information content (AvgIpc) is 2.62. The second-order valence-electron chi connectivity index (χ2n) is 3.89. The highest BCUT2D eigenvalue weighted by Crippen LogP contribution is 2.24. The first kappa shape index (κ1) is 15.0. The van der Waals surface area contributed by atoms with Crippen LogP contribution in [0.3, 0.4) is 0 Å². The standard InChI is InChI=1S/C8H13N7O4/c1-3(16)12-5-6(17)7(19-8(5)18)4(13-15-10)2-11-14-9/h4-8,17-18H,2H2,1H3,(H,12,16)/t4-,5-,6?,7-,8-/m1/s1. The molecule has 0 spiro atoms. The molecule has 0 aliphatic carbocycles. The maximum absolute atomic E-state index is 10.9. The number of amides is 1. The van der Waals surface area contributed by atoms with Crippen molar-refractivity contribution in [3.05, 3.63) is 20.9 Å². The Balaban J connectivity index is 2.84. The first-order chi connectivity index (χ1) is 9.01. The summed E-state index contributed by atoms with van der Waals surface area (Å²) in [5.41, 5.74) is 16.6. The molecule has 0 aromatic carbocycles. The van der Waals surface area contributed by atoms with E-state index in [1.807, 2.05) is 0 Å². The van der Waals surface area contributed by atoms with E-state index in [2.05, 4.69) is 25.4 Å². The summed E-state index contributed by atoms with van der Waals surface area (Å²) in [6.45, 7) is 0.986. The zero-order valence-corrected chi connectivity index (χ0v) is 9.99. The van der Waals surface area contributed by atoms with E-state index in [0.29, 0.717) is 0 Å². The lowest BCUT2D eigenvalue weighted by Crippen LogP contribution is -2.48. The highest BCUT2D eigenvalue weighted by atomic mass is 16.6. The van der Waals surface area contributed by atoms with Crippen molar-refractivity contribution in [2.75, 3.05) is 6.54 Å². The Morgan fingerprint density at radius 2 is 2.16 bits per heavy atom. The second kappa shape index (κ2) is 6.78. The normalized spacial score (nSPS) is 30.9. The van der Waals surface area contributed by atoms with Crippen LogP contribution in [-0.2, 0) is 9.53 Å². The summed E-state index contributed by atoms with van der Waals surface area (Å²) in [6.07, 6.45) is -3.80. The van der Waals surface area contributed by atoms with Crippen LogP contribution in [-0.4, -0.2) is 53.2 Å². The largest absolute Gasteiger partial charge is 0.388 e. The van der Waals surface area contributed by atoms with Gasteiger partial charge in [0.25, 0.3) is 0 Å². The van der Waals surface area contributed by atoms with E-state index in [0.717, 1.165) is 0 Å². The maximum Gasteiger partial charge on any atom is 0.217 e. The van der Waals surface area contributed by atoms with E-state index in [-0.39, 0.29) is 6.54 Å². The van der Waals surface area contributed by atoms with Gasteiger partial charge in [-0.25, -0.2) is 0 Å². The lowest BCUT2D eigenvalue weighted by molar-refractivity contribution is -0.126. The molecule has 1 rings (SSSR count). The summed E-state index contributed by atoms with van der Waals surface area (Å²) in [5, 5.41) is 28.4. The predicted molar refractivity (Wildman–Crippen MR) is 61.4 cm³/mol. The SMILES string of the molecule is CC(=O)N[C@@H]1C(O)[C@@H]([C@@H](CN=[N+]=[N-])N=[N+]=[N-])O[C@H]1O. The van der Waals surface area contributed by atoms with Gasteiger partial charge in [-0.2, -0.15) is 0 Å². The van der Waals surface area contributed by atoms with Crippen molar-refractivity contribution in [3.63, 3.8) is 0 Å². The number of nitrogens with zero attached hydrogens (tertiary/aromatic N) is 6. The molecule has 0 saturated carbocycles. The Labute approximate surface area is 107 Å². The molecular formula is C8H13N7O4. The predicted octanol–water partition coefficient (Wildman–Crippen LogP) is -0.442. The molecule has 1 aliphatic heterocycles. The molecule has 5 atom stereocenters. The van der Waals surface area contributed by atoms with Crippen LogP contribution in [0.25, 0.3) is 20.9 Å². The summed E-state index contributed by atoms with van der Waals surface area (Å²) in [7, 11) is 0. The Morgan fingerprint density at radius 1 is 1.47 bits per heavy atom. The topological polar surface area (TPSA) is 176 Å². The van der Waals surface area contributed by atoms with Gasteiger partial charge in [-0.15, -0.1) is 0 Å². The summed E-state index contributed by atoms with van der Waals surface area (Å²) in [6, 6.07) is -2.02. The average molecular weight is 271 g/mol. The molecule has 0 bridgehead atoms. The molecule has 1 unspecified atom stereocenters. The van der Waals surface area contributed by atoms with Gasteiger partial charge in [0.2, 0.25) is 5.91 Å². The van der Waals surface area contributed by atoms with Crippen molar-refractivity contribution in [2.45, 2.75) is 37.5 Å². The van der Waals surface area contributed by atoms with E-state index in [1.54, 1.807) is 0 Å². The fourth-order valence-electron chi connectivity index (χ4n) is 1.80. The van der Waals surface area contributed by atoms with Gasteiger partial charge in [0.15, 0.2) is 6.29 Å². The fourth-order valence-corrected chi connectivity index (χ4v) is 1.80. The molecule has 11 nitrogen and oxygen atoms in total. The van der Waals surface area contributed by atoms with Crippen LogP contribution in [0.5, 0.6) is 0 Å². The number of hydrogen-bond acceptors (Lipinski definition) is 6. The van der Waals surface area contributed by atoms with E-state index in [9.17, 15) is 15.0 Å². The number of carbonyl (C=O) groups excluding carboxylic acids is 1. The molecule has 0 aromatic rings. The highest BCUT2D eigenvalue weighted by Gasteiger charge is 2.46. The zero-order valence-electron chi connectivity index (χ0n) is 9.99. The van der Waals surface area contributed by atoms with Gasteiger partial charge < -0.3 is 20.3 Å². The Bertz CT molecular complexity index is 431. The molecule has 1 heterocycles. The Hall–Kier alpha value is -2.03. The number of aliphatic hydroxyl groups is 2. The van der Waals surface area contributed by atoms with Crippen molar-refractivity contribution in [1.82, 2.24) is 5.32 Å². The fraction of sp³-hybridized carbons (Fsp3) is 0.875. The van der Waals surface area contributed by atoms with Gasteiger partial charge in [0.1, 0.15) is 12.1 Å². The summed E-state index contributed by atoms with van der Waals surface area (Å²) in [5.74, 6) is -0.456. The van der Waals surface area contributed by atoms with E-state index >= 15 is 0 Å². The van der Waals surface area contributed by atoms with Gasteiger partial charge in [0.05, 0.1) is 12.1 Å². The number of rotatable bonds is 5. The van der Waals surface area contributed by atoms with Gasteiger partial charge in [-0.05, 0) is 11.1 Å². The van der Waals surface area contributed by atoms with E-state index in [1.165, 1.54) is 6.92 Å². The monoisotopic (exact) mass is 271 g/mol. The van der Waals surface area contributed by atoms with E-state index < -0.39 is 36.5 Å². The third-order valence-corrected chi connectivity index (χ3v) is 2.59. The Kier molecular flexibility index (Phi) is 5.37. The van der Waals surface area contributed by atoms with E-state index in [4.69, 9.17) is 15.8 Å². The summed E-state index contributed by atoms with van der Waals surface area (Å²) < 4.78 is 5.04. The molecule has 1 aliphatic rings. The van der Waals surface area contributed by atoms with Gasteiger partial charge in [0, 0.05) is 23.3 Å². The smallest absolute Gasteiger partial charge is 0.217 e. The van der Waals surface area contributed by atoms with Crippen LogP contribution in [0.4, 0.5) is 0 Å². The van der Waals surface area contributed by atoms with Crippen LogP contribution < -0.4 is 5.32 Å². The number of carbonyl (C=O) groups is 1. The van der Waals surface area contributed by atoms with Crippen LogP contribution >= 0.6 is 0 Å². The van der Waals surface area contributed by atoms with Gasteiger partial charge in [-0.3, -0.25) is 4.79 Å². The maximum atomic E-state index is 10.9. The third kappa shape index (κ3) is 3.71. The third-order valence-electron chi connectivity index (χ3n) is 2.59. The first-order valence-electron chi connectivity index (χ1n) is 5.35. The van der Waals surface area contributed by atoms with Gasteiger partial charge in [-0.1, -0.05) is 10.2 Å². The molecule has 3 N–H and O–H groups in total. The quantitative estimate of drug-likeness (QED) is 0.349. The number of azide groups is 2. The molecular weight excluding hydrogens is 258 g/mol. The molecule has 11 heteroatoms. The van der Waals surface area contributed by atoms with Crippen LogP contribution in [0.15, 0.2) is 10.2 Å². The first-order valence-corrected chi connectivity index (χ1v) is 5.35. The second-order valence-corrected chi connectivity index (χ2v) is 3.89. The lowest BCUT2D eigenvalue weighted by atomic mass is 10.0. The molecule has 104 valence electrons. The van der Waals surface area contributed by atoms with Crippen molar-refractivity contribution in [1.29, 1.82) is 0 Å². The number of hydrogen-bond donors (Lipinski definition) is 3. The highest BCUT2D eigenvalue weighted by molar-refractivity contribution is 5.73. The number of aliphatic hydroxyl groups excluding tert-OH is 2. The lowest BCUT2D eigenvalue weighted by Gasteiger charge is -2.21. The van der Waals surface area contributed by atoms with Gasteiger partial charge >= 0.3 is 0 Å². The van der Waals surface area contributed by atoms with Crippen LogP contribution in [0, 0.1) is 0 Å². The number of nitrogens with one attached hydrogen (secondary N) is 1. The van der Waals surface area contributed by atoms with Crippen molar-refractivity contribution >= 4 is 5.91 Å². The molecule has 19 heavy (non-hydrogen) atoms. The minimum atomic E-state index is -1.44. The summed E-state index contributed by atoms with van der Waals surface area (Å²) >= 11 is 0. The van der Waals surface area contributed by atoms with Crippen molar-refractivity contribution in [2.24, 2.45) is 10.2 Å². The minimum Gasteiger partial charge on any atom is -0.388 e. The molecule has 1 amide bonds. The molecule has 0 radical (unpaired) electrons. The molecule has 1 saturated heterocycles. The number of ether oxygens (including phenoxy) is 1. The minimum absolute atomic E-state index is 0.234. The molecule has 0 aromatic heterocycles. The summed E-state index contributed by atoms with van der Waals surface area (Å²) in [4.78, 5) is 16.0. The van der Waals surface area contributed by atoms with Crippen molar-refractivity contribution in [3.8, 4) is 0 Å². The van der Waals surface area contributed by atoms with Crippen LogP contribution in [0.2, 0.25) is 0 Å². The van der Waals surface area contributed by atoms with Crippen LogP contribution in [0.1, 0.15) is 6.92 Å². The zero-order chi connectivity index (χ0) is 14.4. The Morgan fingerprint density at radius 3 is 2.68 bits per heavy atom. The van der Waals surface area contributed by atoms with Crippen molar-refractivity contribution < 1.29 is 19.7 Å². The molecule has 1 fully saturated rings.